The number of likely N-dealkylation sites (tertiary alicyclic amines) is 2. The summed E-state index contributed by atoms with van der Waals surface area (Å²) in [6.45, 7) is 5.48. The first-order chi connectivity index (χ1) is 31.7. The highest BCUT2D eigenvalue weighted by Gasteiger charge is 2.49. The average molecular weight is 887 g/mol. The van der Waals surface area contributed by atoms with Crippen LogP contribution in [0.5, 0.6) is 5.75 Å². The number of nitrogens with zero attached hydrogens (tertiary/aromatic N) is 4. The number of fused-ring (bicyclic) bond motifs is 7. The fourth-order valence-corrected chi connectivity index (χ4v) is 11.5. The number of hydrogen-bond donors (Lipinski definition) is 4. The zero-order chi connectivity index (χ0) is 44.9. The Balaban J connectivity index is 0.910. The van der Waals surface area contributed by atoms with E-state index in [2.05, 4.69) is 70.0 Å². The van der Waals surface area contributed by atoms with Gasteiger partial charge >= 0.3 is 12.2 Å². The monoisotopic (exact) mass is 886 g/mol. The number of imidazole rings is 2. The molecule has 10 rings (SSSR count). The van der Waals surface area contributed by atoms with Crippen LogP contribution in [0.15, 0.2) is 48.7 Å². The number of carbonyl (C=O) groups excluding carboxylic acids is 4. The molecule has 3 saturated heterocycles. The SMILES string of the molecule is CCC(NC(=O)OC)C(=O)N1C(c2ncc(-c3ccc4c(c3)COc3cc5c(ccc6[nH]c(C7CCC(CC)N7C(=O)C(NC(=O)OC)C7CCOCC7)nc65)cc3-4)[nH]2)CC2CCCC21. The number of alkyl carbamates (subject to hydrolysis) is 2. The van der Waals surface area contributed by atoms with Gasteiger partial charge in [-0.2, -0.15) is 0 Å². The molecule has 4 N–H and O–H groups in total. The molecule has 7 atom stereocenters. The number of nitrogens with one attached hydrogen (secondary N) is 4. The largest absolute Gasteiger partial charge is 0.488 e. The number of hydrogen-bond acceptors (Lipinski definition) is 10. The van der Waals surface area contributed by atoms with E-state index in [4.69, 9.17) is 28.9 Å². The van der Waals surface area contributed by atoms with Crippen molar-refractivity contribution in [3.8, 4) is 28.1 Å². The molecule has 16 nitrogen and oxygen atoms in total. The highest BCUT2D eigenvalue weighted by atomic mass is 16.5. The molecule has 6 heterocycles. The minimum Gasteiger partial charge on any atom is -0.488 e. The molecule has 342 valence electrons. The third-order valence-electron chi connectivity index (χ3n) is 14.9. The minimum absolute atomic E-state index is 0.0143. The van der Waals surface area contributed by atoms with Crippen LogP contribution in [0.3, 0.4) is 0 Å². The van der Waals surface area contributed by atoms with Crippen LogP contribution >= 0.6 is 0 Å². The van der Waals surface area contributed by atoms with Crippen molar-refractivity contribution < 1.29 is 38.1 Å². The van der Waals surface area contributed by atoms with Crippen LogP contribution < -0.4 is 15.4 Å². The van der Waals surface area contributed by atoms with Gasteiger partial charge in [-0.25, -0.2) is 19.6 Å². The van der Waals surface area contributed by atoms with Crippen LogP contribution in [0, 0.1) is 11.8 Å². The summed E-state index contributed by atoms with van der Waals surface area (Å²) >= 11 is 0. The van der Waals surface area contributed by atoms with Crippen molar-refractivity contribution in [2.75, 3.05) is 27.4 Å². The van der Waals surface area contributed by atoms with E-state index in [9.17, 15) is 19.2 Å². The number of ether oxygens (including phenoxy) is 4. The maximum Gasteiger partial charge on any atom is 0.407 e. The Morgan fingerprint density at radius 3 is 2.45 bits per heavy atom. The molecule has 16 heteroatoms. The number of carbonyl (C=O) groups is 4. The fraction of sp³-hybridized carbons (Fsp3) is 0.510. The van der Waals surface area contributed by atoms with Gasteiger partial charge in [0.15, 0.2) is 0 Å². The van der Waals surface area contributed by atoms with Crippen molar-refractivity contribution in [3.05, 3.63) is 65.9 Å². The van der Waals surface area contributed by atoms with Gasteiger partial charge in [0.1, 0.15) is 36.1 Å². The Hall–Kier alpha value is -6.16. The normalized spacial score (nSPS) is 23.7. The molecule has 1 aliphatic carbocycles. The van der Waals surface area contributed by atoms with E-state index in [1.165, 1.54) is 14.2 Å². The summed E-state index contributed by atoms with van der Waals surface area (Å²) in [5.41, 5.74) is 6.67. The van der Waals surface area contributed by atoms with Gasteiger partial charge in [-0.1, -0.05) is 38.5 Å². The number of rotatable bonds is 10. The minimum atomic E-state index is -0.719. The molecule has 3 aromatic carbocycles. The van der Waals surface area contributed by atoms with E-state index in [0.29, 0.717) is 45.0 Å². The summed E-state index contributed by atoms with van der Waals surface area (Å²) in [6, 6.07) is 13.0. The van der Waals surface area contributed by atoms with Crippen molar-refractivity contribution in [1.82, 2.24) is 40.4 Å². The lowest BCUT2D eigenvalue weighted by atomic mass is 9.90. The summed E-state index contributed by atoms with van der Waals surface area (Å²) in [6.07, 6.45) is 8.77. The van der Waals surface area contributed by atoms with Crippen molar-refractivity contribution in [1.29, 1.82) is 0 Å². The number of benzene rings is 3. The molecule has 4 aliphatic heterocycles. The van der Waals surface area contributed by atoms with E-state index < -0.39 is 24.3 Å². The lowest BCUT2D eigenvalue weighted by molar-refractivity contribution is -0.139. The maximum absolute atomic E-state index is 14.6. The van der Waals surface area contributed by atoms with Crippen molar-refractivity contribution in [2.24, 2.45) is 11.8 Å². The first kappa shape index (κ1) is 42.8. The standard InChI is InChI=1S/C49H58N8O8/c1-5-31-12-15-39(56(31)47(59)42(55-49(61)63-4)26-16-18-64-19-17-26)45-51-36-14-11-27-21-34-32-13-10-28(20-30(32)25-65-41(34)23-33(27)43(36)54-45)37-24-50-44(52-37)40-22-29-8-7-9-38(29)57(40)46(58)35(6-2)53-48(60)62-3/h10-11,13-14,20-21,23-24,26,29,31,35,38-40,42H,5-9,12,15-19,22,25H2,1-4H3,(H,50,52)(H,51,54)(H,53,60)(H,55,61). The Morgan fingerprint density at radius 2 is 1.66 bits per heavy atom. The fourth-order valence-electron chi connectivity index (χ4n) is 11.5. The molecule has 4 amide bonds. The summed E-state index contributed by atoms with van der Waals surface area (Å²) < 4.78 is 21.9. The van der Waals surface area contributed by atoms with Crippen LogP contribution in [0.4, 0.5) is 9.59 Å². The first-order valence-corrected chi connectivity index (χ1v) is 23.4. The van der Waals surface area contributed by atoms with Gasteiger partial charge in [0.2, 0.25) is 11.8 Å². The van der Waals surface area contributed by atoms with Gasteiger partial charge < -0.3 is 49.3 Å². The van der Waals surface area contributed by atoms with Crippen LogP contribution in [0.2, 0.25) is 0 Å². The predicted molar refractivity (Wildman–Crippen MR) is 242 cm³/mol. The highest BCUT2D eigenvalue weighted by molar-refractivity contribution is 6.07. The molecule has 65 heavy (non-hydrogen) atoms. The van der Waals surface area contributed by atoms with Gasteiger partial charge in [0.25, 0.3) is 0 Å². The van der Waals surface area contributed by atoms with Gasteiger partial charge in [-0.05, 0) is 116 Å². The quantitative estimate of drug-likeness (QED) is 0.107. The van der Waals surface area contributed by atoms with Gasteiger partial charge in [-0.3, -0.25) is 9.59 Å². The molecule has 5 aromatic rings. The third kappa shape index (κ3) is 7.72. The van der Waals surface area contributed by atoms with E-state index in [1.807, 2.05) is 22.9 Å². The summed E-state index contributed by atoms with van der Waals surface area (Å²) in [5, 5.41) is 7.60. The van der Waals surface area contributed by atoms with Crippen LogP contribution in [0.25, 0.3) is 44.2 Å². The van der Waals surface area contributed by atoms with Crippen LogP contribution in [-0.2, 0) is 30.4 Å². The van der Waals surface area contributed by atoms with E-state index in [0.717, 1.165) is 112 Å². The molecule has 2 aromatic heterocycles. The molecular formula is C49H58N8O8. The lowest BCUT2D eigenvalue weighted by Crippen LogP contribution is -2.54. The molecule has 5 aliphatic rings. The van der Waals surface area contributed by atoms with Gasteiger partial charge in [0.05, 0.1) is 49.2 Å². The Bertz CT molecular complexity index is 2640. The third-order valence-corrected chi connectivity index (χ3v) is 14.9. The highest BCUT2D eigenvalue weighted by Crippen LogP contribution is 2.48. The number of H-pyrrole nitrogens is 2. The van der Waals surface area contributed by atoms with Crippen molar-refractivity contribution >= 4 is 45.8 Å². The molecule has 1 saturated carbocycles. The number of methoxy groups -OCH3 is 2. The molecule has 0 spiro atoms. The summed E-state index contributed by atoms with van der Waals surface area (Å²) in [7, 11) is 2.63. The zero-order valence-electron chi connectivity index (χ0n) is 37.5. The molecule has 0 radical (unpaired) electrons. The Labute approximate surface area is 377 Å². The second-order valence-corrected chi connectivity index (χ2v) is 18.3. The van der Waals surface area contributed by atoms with Crippen LogP contribution in [-0.4, -0.2) is 105 Å². The van der Waals surface area contributed by atoms with Crippen molar-refractivity contribution in [2.45, 2.75) is 121 Å². The Kier molecular flexibility index (Phi) is 11.6. The van der Waals surface area contributed by atoms with E-state index >= 15 is 0 Å². The van der Waals surface area contributed by atoms with Gasteiger partial charge in [-0.15, -0.1) is 0 Å². The summed E-state index contributed by atoms with van der Waals surface area (Å²) in [5.74, 6) is 2.40. The lowest BCUT2D eigenvalue weighted by Gasteiger charge is -2.36. The average Bonchev–Trinajstić information content (AvgIpc) is 4.20. The van der Waals surface area contributed by atoms with E-state index in [-0.39, 0.29) is 41.9 Å². The molecular weight excluding hydrogens is 829 g/mol. The topological polar surface area (TPSA) is 193 Å². The summed E-state index contributed by atoms with van der Waals surface area (Å²) in [4.78, 5) is 74.4. The maximum atomic E-state index is 14.6. The first-order valence-electron chi connectivity index (χ1n) is 23.4. The smallest absolute Gasteiger partial charge is 0.407 e. The second-order valence-electron chi connectivity index (χ2n) is 18.3. The molecule has 7 unspecified atom stereocenters. The van der Waals surface area contributed by atoms with Crippen molar-refractivity contribution in [3.63, 3.8) is 0 Å². The van der Waals surface area contributed by atoms with E-state index in [1.54, 1.807) is 0 Å². The second kappa shape index (κ2) is 17.7. The number of aromatic nitrogens is 4. The zero-order valence-corrected chi connectivity index (χ0v) is 37.5. The number of aromatic amines is 2. The molecule has 0 bridgehead atoms. The Morgan fingerprint density at radius 1 is 0.846 bits per heavy atom. The predicted octanol–water partition coefficient (Wildman–Crippen LogP) is 7.84. The van der Waals surface area contributed by atoms with Gasteiger partial charge in [0, 0.05) is 36.2 Å². The number of amides is 4. The molecule has 4 fully saturated rings. The van der Waals surface area contributed by atoms with Crippen LogP contribution in [0.1, 0.15) is 107 Å².